The van der Waals surface area contributed by atoms with Crippen LogP contribution in [0, 0.1) is 0 Å². The molecule has 1 amide bonds. The third kappa shape index (κ3) is 4.10. The Labute approximate surface area is 137 Å². The molecular formula is C18H26N2O3. The number of nitrogens with one attached hydrogen (secondary N) is 1. The van der Waals surface area contributed by atoms with Gasteiger partial charge in [0, 0.05) is 26.2 Å². The average Bonchev–Trinajstić information content (AvgIpc) is 3.01. The van der Waals surface area contributed by atoms with E-state index in [9.17, 15) is 4.79 Å². The average molecular weight is 318 g/mol. The Balaban J connectivity index is 1.40. The van der Waals surface area contributed by atoms with Gasteiger partial charge in [0.05, 0.1) is 19.3 Å². The molecule has 5 heteroatoms. The summed E-state index contributed by atoms with van der Waals surface area (Å²) in [6.07, 6.45) is 2.77. The third-order valence-electron chi connectivity index (χ3n) is 4.84. The molecule has 23 heavy (non-hydrogen) atoms. The topological polar surface area (TPSA) is 50.8 Å². The number of rotatable bonds is 6. The fraction of sp³-hybridized carbons (Fsp3) is 0.611. The van der Waals surface area contributed by atoms with Crippen LogP contribution in [-0.2, 0) is 20.9 Å². The summed E-state index contributed by atoms with van der Waals surface area (Å²) in [5.41, 5.74) is 1.21. The first-order valence-electron chi connectivity index (χ1n) is 8.50. The number of carbonyl (C=O) groups is 1. The van der Waals surface area contributed by atoms with Gasteiger partial charge in [0.2, 0.25) is 5.91 Å². The normalized spacial score (nSPS) is 27.6. The van der Waals surface area contributed by atoms with E-state index in [1.165, 1.54) is 5.56 Å². The van der Waals surface area contributed by atoms with Crippen LogP contribution in [0.5, 0.6) is 0 Å². The van der Waals surface area contributed by atoms with E-state index in [-0.39, 0.29) is 18.1 Å². The number of nitrogens with zero attached hydrogens (tertiary/aromatic N) is 1. The van der Waals surface area contributed by atoms with Crippen LogP contribution in [0.25, 0.3) is 0 Å². The Bertz CT molecular complexity index is 508. The Morgan fingerprint density at radius 3 is 2.91 bits per heavy atom. The van der Waals surface area contributed by atoms with Crippen molar-refractivity contribution in [3.8, 4) is 0 Å². The molecule has 1 aromatic rings. The maximum atomic E-state index is 11.7. The largest absolute Gasteiger partial charge is 0.375 e. The lowest BCUT2D eigenvalue weighted by molar-refractivity contribution is -0.143. The maximum absolute atomic E-state index is 11.7. The molecule has 1 aromatic carbocycles. The monoisotopic (exact) mass is 318 g/mol. The number of carbonyl (C=O) groups excluding carboxylic acids is 1. The Kier molecular flexibility index (Phi) is 5.65. The zero-order valence-corrected chi connectivity index (χ0v) is 13.7. The van der Waals surface area contributed by atoms with E-state index in [1.807, 2.05) is 18.2 Å². The van der Waals surface area contributed by atoms with Crippen LogP contribution in [0.15, 0.2) is 30.3 Å². The Morgan fingerprint density at radius 1 is 1.30 bits per heavy atom. The molecule has 3 atom stereocenters. The molecule has 2 aliphatic rings. The molecule has 0 radical (unpaired) electrons. The Hall–Kier alpha value is -1.43. The number of hydrogen-bond donors (Lipinski definition) is 1. The second kappa shape index (κ2) is 7.90. The summed E-state index contributed by atoms with van der Waals surface area (Å²) in [5, 5.41) is 2.69. The summed E-state index contributed by atoms with van der Waals surface area (Å²) >= 11 is 0. The standard InChI is InChI=1S/C18H26N2O3/c1-19-18(21)17-8-7-15-16(23-17)9-10-20(15)11-12-22-13-14-5-3-2-4-6-14/h2-6,15-17H,7-13H2,1H3,(H,19,21)/t15-,16-,17-/m0/s1. The molecule has 0 aromatic heterocycles. The van der Waals surface area contributed by atoms with Gasteiger partial charge >= 0.3 is 0 Å². The van der Waals surface area contributed by atoms with Crippen molar-refractivity contribution in [2.75, 3.05) is 26.7 Å². The summed E-state index contributed by atoms with van der Waals surface area (Å²) in [4.78, 5) is 14.2. The number of amides is 1. The van der Waals surface area contributed by atoms with Gasteiger partial charge in [-0.3, -0.25) is 9.69 Å². The number of likely N-dealkylation sites (tertiary alicyclic amines) is 1. The van der Waals surface area contributed by atoms with Gasteiger partial charge in [0.1, 0.15) is 6.10 Å². The highest BCUT2D eigenvalue weighted by molar-refractivity contribution is 5.80. The number of ether oxygens (including phenoxy) is 2. The predicted molar refractivity (Wildman–Crippen MR) is 88.0 cm³/mol. The second-order valence-electron chi connectivity index (χ2n) is 6.28. The fourth-order valence-electron chi connectivity index (χ4n) is 3.59. The van der Waals surface area contributed by atoms with Crippen molar-refractivity contribution >= 4 is 5.91 Å². The minimum atomic E-state index is -0.268. The summed E-state index contributed by atoms with van der Waals surface area (Å²) in [6.45, 7) is 3.36. The van der Waals surface area contributed by atoms with Crippen LogP contribution >= 0.6 is 0 Å². The van der Waals surface area contributed by atoms with Gasteiger partial charge < -0.3 is 14.8 Å². The van der Waals surface area contributed by atoms with Crippen LogP contribution in [-0.4, -0.2) is 55.8 Å². The van der Waals surface area contributed by atoms with E-state index in [4.69, 9.17) is 9.47 Å². The molecule has 0 saturated carbocycles. The first-order chi connectivity index (χ1) is 11.3. The van der Waals surface area contributed by atoms with Gasteiger partial charge in [0.25, 0.3) is 0 Å². The summed E-state index contributed by atoms with van der Waals surface area (Å²) in [6, 6.07) is 10.7. The zero-order valence-electron chi connectivity index (χ0n) is 13.7. The minimum Gasteiger partial charge on any atom is -0.375 e. The highest BCUT2D eigenvalue weighted by atomic mass is 16.5. The maximum Gasteiger partial charge on any atom is 0.248 e. The first kappa shape index (κ1) is 16.4. The SMILES string of the molecule is CNC(=O)[C@@H]1CC[C@H]2[C@H](CCN2CCOCc2ccccc2)O1. The highest BCUT2D eigenvalue weighted by Crippen LogP contribution is 2.31. The lowest BCUT2D eigenvalue weighted by atomic mass is 9.98. The highest BCUT2D eigenvalue weighted by Gasteiger charge is 2.41. The second-order valence-corrected chi connectivity index (χ2v) is 6.28. The van der Waals surface area contributed by atoms with Crippen molar-refractivity contribution < 1.29 is 14.3 Å². The van der Waals surface area contributed by atoms with Gasteiger partial charge in [-0.05, 0) is 24.8 Å². The summed E-state index contributed by atoms with van der Waals surface area (Å²) in [5.74, 6) is 0.00749. The van der Waals surface area contributed by atoms with Crippen LogP contribution in [0.4, 0.5) is 0 Å². The molecular weight excluding hydrogens is 292 g/mol. The summed E-state index contributed by atoms with van der Waals surface area (Å²) in [7, 11) is 1.67. The Morgan fingerprint density at radius 2 is 2.13 bits per heavy atom. The molecule has 0 spiro atoms. The summed E-state index contributed by atoms with van der Waals surface area (Å²) < 4.78 is 11.8. The molecule has 2 heterocycles. The fourth-order valence-corrected chi connectivity index (χ4v) is 3.59. The number of hydrogen-bond acceptors (Lipinski definition) is 4. The van der Waals surface area contributed by atoms with E-state index < -0.39 is 0 Å². The first-order valence-corrected chi connectivity index (χ1v) is 8.50. The molecule has 126 valence electrons. The molecule has 3 rings (SSSR count). The smallest absolute Gasteiger partial charge is 0.248 e. The molecule has 1 N–H and O–H groups in total. The van der Waals surface area contributed by atoms with E-state index in [1.54, 1.807) is 7.05 Å². The van der Waals surface area contributed by atoms with E-state index >= 15 is 0 Å². The van der Waals surface area contributed by atoms with Gasteiger partial charge in [-0.15, -0.1) is 0 Å². The van der Waals surface area contributed by atoms with Gasteiger partial charge in [-0.25, -0.2) is 0 Å². The number of likely N-dealkylation sites (N-methyl/N-ethyl adjacent to an activating group) is 1. The van der Waals surface area contributed by atoms with Crippen LogP contribution in [0.2, 0.25) is 0 Å². The minimum absolute atomic E-state index is 0.00749. The molecule has 0 bridgehead atoms. The van der Waals surface area contributed by atoms with Crippen molar-refractivity contribution in [2.45, 2.75) is 44.1 Å². The van der Waals surface area contributed by atoms with Crippen molar-refractivity contribution in [2.24, 2.45) is 0 Å². The van der Waals surface area contributed by atoms with Crippen molar-refractivity contribution in [3.63, 3.8) is 0 Å². The molecule has 2 aliphatic heterocycles. The molecule has 2 saturated heterocycles. The lowest BCUT2D eigenvalue weighted by Gasteiger charge is -2.35. The van der Waals surface area contributed by atoms with E-state index in [2.05, 4.69) is 22.3 Å². The van der Waals surface area contributed by atoms with Gasteiger partial charge in [-0.1, -0.05) is 30.3 Å². The van der Waals surface area contributed by atoms with Crippen LogP contribution in [0.3, 0.4) is 0 Å². The van der Waals surface area contributed by atoms with Crippen LogP contribution < -0.4 is 5.32 Å². The molecule has 0 unspecified atom stereocenters. The van der Waals surface area contributed by atoms with Crippen molar-refractivity contribution in [1.29, 1.82) is 0 Å². The third-order valence-corrected chi connectivity index (χ3v) is 4.84. The molecule has 2 fully saturated rings. The molecule has 0 aliphatic carbocycles. The number of benzene rings is 1. The predicted octanol–water partition coefficient (Wildman–Crippen LogP) is 1.57. The number of fused-ring (bicyclic) bond motifs is 1. The van der Waals surface area contributed by atoms with E-state index in [0.717, 1.165) is 39.0 Å². The zero-order chi connectivity index (χ0) is 16.1. The van der Waals surface area contributed by atoms with Crippen molar-refractivity contribution in [3.05, 3.63) is 35.9 Å². The quantitative estimate of drug-likeness (QED) is 0.809. The van der Waals surface area contributed by atoms with Crippen molar-refractivity contribution in [1.82, 2.24) is 10.2 Å². The van der Waals surface area contributed by atoms with Gasteiger partial charge in [-0.2, -0.15) is 0 Å². The lowest BCUT2D eigenvalue weighted by Crippen LogP contribution is -2.47. The molecule has 5 nitrogen and oxygen atoms in total. The van der Waals surface area contributed by atoms with Gasteiger partial charge in [0.15, 0.2) is 0 Å². The van der Waals surface area contributed by atoms with E-state index in [0.29, 0.717) is 12.6 Å². The van der Waals surface area contributed by atoms with Crippen LogP contribution in [0.1, 0.15) is 24.8 Å².